The Hall–Kier alpha value is -1.95. The van der Waals surface area contributed by atoms with Crippen molar-refractivity contribution in [2.24, 2.45) is 0 Å². The second-order valence-electron chi connectivity index (χ2n) is 4.29. The molecular weight excluding hydrogens is 361 g/mol. The van der Waals surface area contributed by atoms with E-state index < -0.39 is 0 Å². The predicted octanol–water partition coefficient (Wildman–Crippen LogP) is 4.49. The van der Waals surface area contributed by atoms with Gasteiger partial charge < -0.3 is 5.32 Å². The fraction of sp³-hybridized carbons (Fsp3) is 0. The molecule has 0 bridgehead atoms. The van der Waals surface area contributed by atoms with E-state index in [0.717, 1.165) is 15.1 Å². The zero-order valence-electron chi connectivity index (χ0n) is 10.6. The van der Waals surface area contributed by atoms with Gasteiger partial charge in [0.05, 0.1) is 3.57 Å². The Kier molecular flexibility index (Phi) is 3.92. The molecule has 0 saturated heterocycles. The number of nitrogens with zero attached hydrogens (tertiary/aromatic N) is 2. The number of anilines is 2. The van der Waals surface area contributed by atoms with Crippen molar-refractivity contribution in [3.63, 3.8) is 0 Å². The molecular formula is C16H12IN3. The molecule has 0 spiro atoms. The maximum absolute atomic E-state index is 4.22. The second kappa shape index (κ2) is 6.00. The molecule has 98 valence electrons. The molecule has 20 heavy (non-hydrogen) atoms. The van der Waals surface area contributed by atoms with Crippen LogP contribution in [0.4, 0.5) is 11.5 Å². The number of nitrogens with one attached hydrogen (secondary N) is 1. The summed E-state index contributed by atoms with van der Waals surface area (Å²) in [5.41, 5.74) is 3.44. The van der Waals surface area contributed by atoms with Crippen LogP contribution in [-0.4, -0.2) is 9.97 Å². The minimum absolute atomic E-state index is 0.827. The predicted molar refractivity (Wildman–Crippen MR) is 89.9 cm³/mol. The summed E-state index contributed by atoms with van der Waals surface area (Å²) in [4.78, 5) is 8.21. The van der Waals surface area contributed by atoms with Gasteiger partial charge in [0, 0.05) is 11.9 Å². The van der Waals surface area contributed by atoms with Crippen molar-refractivity contribution in [1.82, 2.24) is 9.97 Å². The summed E-state index contributed by atoms with van der Waals surface area (Å²) >= 11 is 2.22. The van der Waals surface area contributed by atoms with Crippen molar-refractivity contribution < 1.29 is 0 Å². The third kappa shape index (κ3) is 2.96. The van der Waals surface area contributed by atoms with E-state index >= 15 is 0 Å². The van der Waals surface area contributed by atoms with E-state index in [1.165, 1.54) is 11.1 Å². The van der Waals surface area contributed by atoms with Gasteiger partial charge in [-0.25, -0.2) is 9.97 Å². The molecule has 0 atom stereocenters. The molecule has 2 aromatic carbocycles. The Morgan fingerprint density at radius 3 is 2.25 bits per heavy atom. The highest BCUT2D eigenvalue weighted by Crippen LogP contribution is 2.23. The summed E-state index contributed by atoms with van der Waals surface area (Å²) in [7, 11) is 0. The summed E-state index contributed by atoms with van der Waals surface area (Å²) in [5, 5.41) is 3.29. The first kappa shape index (κ1) is 13.1. The van der Waals surface area contributed by atoms with Gasteiger partial charge in [0.1, 0.15) is 12.1 Å². The molecule has 0 unspecified atom stereocenters. The van der Waals surface area contributed by atoms with Crippen LogP contribution in [0, 0.1) is 3.57 Å². The highest BCUT2D eigenvalue weighted by Gasteiger charge is 2.02. The van der Waals surface area contributed by atoms with E-state index in [4.69, 9.17) is 0 Å². The van der Waals surface area contributed by atoms with Gasteiger partial charge in [-0.05, 0) is 45.9 Å². The van der Waals surface area contributed by atoms with Gasteiger partial charge in [-0.2, -0.15) is 0 Å². The number of rotatable bonds is 3. The van der Waals surface area contributed by atoms with Crippen LogP contribution in [0.2, 0.25) is 0 Å². The van der Waals surface area contributed by atoms with Crippen molar-refractivity contribution in [3.05, 3.63) is 70.7 Å². The van der Waals surface area contributed by atoms with Gasteiger partial charge in [-0.15, -0.1) is 0 Å². The van der Waals surface area contributed by atoms with Crippen LogP contribution in [0.5, 0.6) is 0 Å². The van der Waals surface area contributed by atoms with Gasteiger partial charge in [-0.1, -0.05) is 42.5 Å². The summed E-state index contributed by atoms with van der Waals surface area (Å²) in [6, 6.07) is 18.6. The van der Waals surface area contributed by atoms with Crippen LogP contribution in [0.25, 0.3) is 11.1 Å². The summed E-state index contributed by atoms with van der Waals surface area (Å²) in [6.45, 7) is 0. The zero-order valence-corrected chi connectivity index (χ0v) is 12.8. The van der Waals surface area contributed by atoms with E-state index in [-0.39, 0.29) is 0 Å². The molecule has 1 aromatic heterocycles. The van der Waals surface area contributed by atoms with Crippen molar-refractivity contribution in [1.29, 1.82) is 0 Å². The smallest absolute Gasteiger partial charge is 0.147 e. The summed E-state index contributed by atoms with van der Waals surface area (Å²) < 4.78 is 0.997. The van der Waals surface area contributed by atoms with Gasteiger partial charge >= 0.3 is 0 Å². The summed E-state index contributed by atoms with van der Waals surface area (Å²) in [6.07, 6.45) is 3.33. The molecule has 1 heterocycles. The first-order valence-corrected chi connectivity index (χ1v) is 7.29. The van der Waals surface area contributed by atoms with Crippen LogP contribution in [0.15, 0.2) is 67.1 Å². The van der Waals surface area contributed by atoms with Crippen LogP contribution >= 0.6 is 22.6 Å². The number of hydrogen-bond donors (Lipinski definition) is 1. The average molecular weight is 373 g/mol. The Labute approximate surface area is 131 Å². The fourth-order valence-electron chi connectivity index (χ4n) is 1.92. The molecule has 0 saturated carbocycles. The Bertz CT molecular complexity index is 696. The van der Waals surface area contributed by atoms with E-state index in [9.17, 15) is 0 Å². The minimum atomic E-state index is 0.827. The SMILES string of the molecule is Ic1cncnc1Nc1ccc(-c2ccccc2)cc1. The average Bonchev–Trinajstić information content (AvgIpc) is 2.51. The van der Waals surface area contributed by atoms with Crippen molar-refractivity contribution in [2.75, 3.05) is 5.32 Å². The molecule has 0 aliphatic heterocycles. The fourth-order valence-corrected chi connectivity index (χ4v) is 2.35. The lowest BCUT2D eigenvalue weighted by atomic mass is 10.1. The molecule has 0 aliphatic rings. The van der Waals surface area contributed by atoms with E-state index in [2.05, 4.69) is 74.3 Å². The quantitative estimate of drug-likeness (QED) is 0.688. The Morgan fingerprint density at radius 1 is 0.850 bits per heavy atom. The van der Waals surface area contributed by atoms with Crippen LogP contribution < -0.4 is 5.32 Å². The number of hydrogen-bond acceptors (Lipinski definition) is 3. The van der Waals surface area contributed by atoms with Gasteiger partial charge in [-0.3, -0.25) is 0 Å². The highest BCUT2D eigenvalue weighted by molar-refractivity contribution is 14.1. The van der Waals surface area contributed by atoms with Crippen molar-refractivity contribution in [2.45, 2.75) is 0 Å². The number of halogens is 1. The van der Waals surface area contributed by atoms with Crippen LogP contribution in [-0.2, 0) is 0 Å². The normalized spacial score (nSPS) is 10.2. The van der Waals surface area contributed by atoms with Gasteiger partial charge in [0.2, 0.25) is 0 Å². The van der Waals surface area contributed by atoms with Gasteiger partial charge in [0.15, 0.2) is 0 Å². The molecule has 4 heteroatoms. The van der Waals surface area contributed by atoms with E-state index in [1.54, 1.807) is 12.5 Å². The van der Waals surface area contributed by atoms with Gasteiger partial charge in [0.25, 0.3) is 0 Å². The standard InChI is InChI=1S/C16H12IN3/c17-15-10-18-11-19-16(15)20-14-8-6-13(7-9-14)12-4-2-1-3-5-12/h1-11H,(H,18,19,20). The Balaban J connectivity index is 1.82. The van der Waals surface area contributed by atoms with Crippen molar-refractivity contribution >= 4 is 34.1 Å². The molecule has 0 aliphatic carbocycles. The summed E-state index contributed by atoms with van der Waals surface area (Å²) in [5.74, 6) is 0.827. The molecule has 0 amide bonds. The third-order valence-corrected chi connectivity index (χ3v) is 3.71. The van der Waals surface area contributed by atoms with Crippen LogP contribution in [0.1, 0.15) is 0 Å². The highest BCUT2D eigenvalue weighted by atomic mass is 127. The first-order valence-electron chi connectivity index (χ1n) is 6.21. The molecule has 3 aromatic rings. The lowest BCUT2D eigenvalue weighted by Crippen LogP contribution is -1.96. The monoisotopic (exact) mass is 373 g/mol. The molecule has 0 fully saturated rings. The minimum Gasteiger partial charge on any atom is -0.339 e. The lowest BCUT2D eigenvalue weighted by Gasteiger charge is -2.08. The first-order chi connectivity index (χ1) is 9.83. The van der Waals surface area contributed by atoms with E-state index in [1.807, 2.05) is 18.2 Å². The maximum atomic E-state index is 4.22. The molecule has 3 rings (SSSR count). The largest absolute Gasteiger partial charge is 0.339 e. The molecule has 0 radical (unpaired) electrons. The third-order valence-electron chi connectivity index (χ3n) is 2.92. The van der Waals surface area contributed by atoms with Crippen molar-refractivity contribution in [3.8, 4) is 11.1 Å². The molecule has 1 N–H and O–H groups in total. The Morgan fingerprint density at radius 2 is 1.55 bits per heavy atom. The number of aromatic nitrogens is 2. The van der Waals surface area contributed by atoms with Crippen LogP contribution in [0.3, 0.4) is 0 Å². The lowest BCUT2D eigenvalue weighted by molar-refractivity contribution is 1.15. The topological polar surface area (TPSA) is 37.8 Å². The van der Waals surface area contributed by atoms with E-state index in [0.29, 0.717) is 0 Å². The zero-order chi connectivity index (χ0) is 13.8. The maximum Gasteiger partial charge on any atom is 0.147 e. The second-order valence-corrected chi connectivity index (χ2v) is 5.45. The molecule has 3 nitrogen and oxygen atoms in total. The number of benzene rings is 2.